The van der Waals surface area contributed by atoms with E-state index in [2.05, 4.69) is 22.5 Å². The summed E-state index contributed by atoms with van der Waals surface area (Å²) in [5.41, 5.74) is 2.09. The van der Waals surface area contributed by atoms with Gasteiger partial charge < -0.3 is 20.5 Å². The first kappa shape index (κ1) is 18.7. The van der Waals surface area contributed by atoms with Crippen LogP contribution in [0, 0.1) is 5.92 Å². The van der Waals surface area contributed by atoms with Gasteiger partial charge in [-0.05, 0) is 38.4 Å². The van der Waals surface area contributed by atoms with E-state index in [0.29, 0.717) is 23.3 Å². The number of aliphatic hydroxyl groups is 1. The van der Waals surface area contributed by atoms with Crippen LogP contribution in [-0.4, -0.2) is 45.7 Å². The predicted octanol–water partition coefficient (Wildman–Crippen LogP) is 2.65. The first-order valence-corrected chi connectivity index (χ1v) is 9.59. The van der Waals surface area contributed by atoms with Gasteiger partial charge in [0.2, 0.25) is 0 Å². The maximum atomic E-state index is 10.5. The molecule has 2 unspecified atom stereocenters. The number of methoxy groups -OCH3 is 1. The first-order valence-electron chi connectivity index (χ1n) is 9.59. The summed E-state index contributed by atoms with van der Waals surface area (Å²) < 4.78 is 7.40. The quantitative estimate of drug-likeness (QED) is 0.630. The third kappa shape index (κ3) is 3.43. The van der Waals surface area contributed by atoms with Gasteiger partial charge in [-0.2, -0.15) is 0 Å². The van der Waals surface area contributed by atoms with E-state index in [4.69, 9.17) is 9.72 Å². The van der Waals surface area contributed by atoms with Crippen molar-refractivity contribution in [2.75, 3.05) is 25.5 Å². The van der Waals surface area contributed by atoms with Crippen molar-refractivity contribution in [3.05, 3.63) is 42.2 Å². The van der Waals surface area contributed by atoms with Crippen LogP contribution in [0.5, 0.6) is 5.75 Å². The standard InChI is InChI=1S/C21H27N5O2/c1-13-9-22-10-16(13)25-19-7-5-6-15(24-19)17-11-23-20-8-18(28-4)14(12-26(17)20)21(2,3)27/h5-8,11-13,16,22,27H,9-10H2,1-4H3,(H,24,25). The molecule has 7 nitrogen and oxygen atoms in total. The molecule has 7 heteroatoms. The van der Waals surface area contributed by atoms with Crippen LogP contribution in [0.3, 0.4) is 0 Å². The minimum Gasteiger partial charge on any atom is -0.496 e. The molecule has 1 fully saturated rings. The second kappa shape index (κ2) is 7.07. The van der Waals surface area contributed by atoms with Gasteiger partial charge >= 0.3 is 0 Å². The third-order valence-corrected chi connectivity index (χ3v) is 5.35. The number of nitrogens with zero attached hydrogens (tertiary/aromatic N) is 3. The van der Waals surface area contributed by atoms with Gasteiger partial charge in [-0.3, -0.25) is 4.40 Å². The zero-order chi connectivity index (χ0) is 19.9. The fourth-order valence-corrected chi connectivity index (χ4v) is 3.67. The molecule has 1 aliphatic heterocycles. The SMILES string of the molecule is COc1cc2ncc(-c3cccc(NC4CNCC4C)n3)n2cc1C(C)(C)O. The number of rotatable bonds is 5. The summed E-state index contributed by atoms with van der Waals surface area (Å²) in [5, 5.41) is 17.5. The molecule has 0 spiro atoms. The molecule has 0 amide bonds. The monoisotopic (exact) mass is 381 g/mol. The number of hydrogen-bond acceptors (Lipinski definition) is 6. The fraction of sp³-hybridized carbons (Fsp3) is 0.429. The van der Waals surface area contributed by atoms with Crippen molar-refractivity contribution in [1.29, 1.82) is 0 Å². The number of aromatic nitrogens is 3. The Morgan fingerprint density at radius 3 is 2.82 bits per heavy atom. The minimum atomic E-state index is -1.04. The van der Waals surface area contributed by atoms with Crippen LogP contribution in [0.4, 0.5) is 5.82 Å². The number of pyridine rings is 2. The molecule has 3 N–H and O–H groups in total. The van der Waals surface area contributed by atoms with Crippen LogP contribution in [-0.2, 0) is 5.60 Å². The molecular weight excluding hydrogens is 354 g/mol. The zero-order valence-electron chi connectivity index (χ0n) is 16.7. The van der Waals surface area contributed by atoms with Crippen LogP contribution >= 0.6 is 0 Å². The van der Waals surface area contributed by atoms with Gasteiger partial charge in [-0.25, -0.2) is 9.97 Å². The summed E-state index contributed by atoms with van der Waals surface area (Å²) in [7, 11) is 1.60. The highest BCUT2D eigenvalue weighted by Crippen LogP contribution is 2.32. The molecule has 2 atom stereocenters. The molecule has 0 radical (unpaired) electrons. The lowest BCUT2D eigenvalue weighted by molar-refractivity contribution is 0.0752. The average molecular weight is 381 g/mol. The molecule has 1 aliphatic rings. The van der Waals surface area contributed by atoms with E-state index in [1.807, 2.05) is 34.9 Å². The Balaban J connectivity index is 1.74. The van der Waals surface area contributed by atoms with Crippen LogP contribution < -0.4 is 15.4 Å². The Hall–Kier alpha value is -2.64. The first-order chi connectivity index (χ1) is 13.4. The molecule has 28 heavy (non-hydrogen) atoms. The Bertz CT molecular complexity index is 992. The lowest BCUT2D eigenvalue weighted by Gasteiger charge is -2.21. The predicted molar refractivity (Wildman–Crippen MR) is 110 cm³/mol. The van der Waals surface area contributed by atoms with Gasteiger partial charge in [0, 0.05) is 30.4 Å². The molecule has 0 saturated carbocycles. The van der Waals surface area contributed by atoms with E-state index < -0.39 is 5.60 Å². The maximum Gasteiger partial charge on any atom is 0.140 e. The summed E-state index contributed by atoms with van der Waals surface area (Å²) in [6.07, 6.45) is 3.68. The summed E-state index contributed by atoms with van der Waals surface area (Å²) in [6, 6.07) is 8.17. The largest absolute Gasteiger partial charge is 0.496 e. The molecule has 4 rings (SSSR count). The normalized spacial score (nSPS) is 19.9. The van der Waals surface area contributed by atoms with Crippen LogP contribution in [0.2, 0.25) is 0 Å². The molecule has 3 aromatic rings. The molecule has 1 saturated heterocycles. The van der Waals surface area contributed by atoms with Gasteiger partial charge in [0.25, 0.3) is 0 Å². The van der Waals surface area contributed by atoms with Crippen molar-refractivity contribution in [2.24, 2.45) is 5.92 Å². The number of imidazole rings is 1. The summed E-state index contributed by atoms with van der Waals surface area (Å²) in [4.78, 5) is 9.31. The maximum absolute atomic E-state index is 10.5. The van der Waals surface area contributed by atoms with E-state index >= 15 is 0 Å². The van der Waals surface area contributed by atoms with E-state index in [1.165, 1.54) is 0 Å². The minimum absolute atomic E-state index is 0.371. The molecule has 0 aliphatic carbocycles. The lowest BCUT2D eigenvalue weighted by Crippen LogP contribution is -2.27. The second-order valence-electron chi connectivity index (χ2n) is 7.98. The highest BCUT2D eigenvalue weighted by Gasteiger charge is 2.24. The van der Waals surface area contributed by atoms with Gasteiger partial charge in [0.15, 0.2) is 0 Å². The second-order valence-corrected chi connectivity index (χ2v) is 7.98. The van der Waals surface area contributed by atoms with Crippen LogP contribution in [0.25, 0.3) is 17.0 Å². The highest BCUT2D eigenvalue weighted by atomic mass is 16.5. The van der Waals surface area contributed by atoms with Gasteiger partial charge in [-0.15, -0.1) is 0 Å². The van der Waals surface area contributed by atoms with E-state index in [0.717, 1.165) is 35.9 Å². The molecule has 148 valence electrons. The van der Waals surface area contributed by atoms with Crippen molar-refractivity contribution >= 4 is 11.5 Å². The Morgan fingerprint density at radius 1 is 1.32 bits per heavy atom. The number of anilines is 1. The van der Waals surface area contributed by atoms with E-state index in [-0.39, 0.29) is 0 Å². The smallest absolute Gasteiger partial charge is 0.140 e. The molecule has 4 heterocycles. The Labute approximate surface area is 164 Å². The van der Waals surface area contributed by atoms with Crippen molar-refractivity contribution in [2.45, 2.75) is 32.4 Å². The highest BCUT2D eigenvalue weighted by molar-refractivity contribution is 5.64. The van der Waals surface area contributed by atoms with E-state index in [1.54, 1.807) is 27.2 Å². The Kier molecular flexibility index (Phi) is 4.72. The number of hydrogen-bond donors (Lipinski definition) is 3. The average Bonchev–Trinajstić information content (AvgIpc) is 3.26. The van der Waals surface area contributed by atoms with Gasteiger partial charge in [0.1, 0.15) is 17.2 Å². The molecule has 0 aromatic carbocycles. The third-order valence-electron chi connectivity index (χ3n) is 5.35. The fourth-order valence-electron chi connectivity index (χ4n) is 3.67. The van der Waals surface area contributed by atoms with Crippen molar-refractivity contribution in [3.8, 4) is 17.1 Å². The van der Waals surface area contributed by atoms with Crippen molar-refractivity contribution in [1.82, 2.24) is 19.7 Å². The number of fused-ring (bicyclic) bond motifs is 1. The van der Waals surface area contributed by atoms with Crippen molar-refractivity contribution in [3.63, 3.8) is 0 Å². The van der Waals surface area contributed by atoms with Gasteiger partial charge in [-0.1, -0.05) is 13.0 Å². The summed E-state index contributed by atoms with van der Waals surface area (Å²) >= 11 is 0. The molecular formula is C21H27N5O2. The van der Waals surface area contributed by atoms with E-state index in [9.17, 15) is 5.11 Å². The van der Waals surface area contributed by atoms with Crippen LogP contribution in [0.15, 0.2) is 36.7 Å². The topological polar surface area (TPSA) is 83.7 Å². The van der Waals surface area contributed by atoms with Crippen LogP contribution in [0.1, 0.15) is 26.3 Å². The van der Waals surface area contributed by atoms with Crippen molar-refractivity contribution < 1.29 is 9.84 Å². The number of ether oxygens (including phenoxy) is 1. The summed E-state index contributed by atoms with van der Waals surface area (Å²) in [5.74, 6) is 2.02. The Morgan fingerprint density at radius 2 is 2.14 bits per heavy atom. The lowest BCUT2D eigenvalue weighted by atomic mass is 9.99. The van der Waals surface area contributed by atoms with Gasteiger partial charge in [0.05, 0.1) is 30.3 Å². The zero-order valence-corrected chi connectivity index (χ0v) is 16.7. The molecule has 3 aromatic heterocycles. The molecule has 0 bridgehead atoms. The number of nitrogens with one attached hydrogen (secondary N) is 2. The summed E-state index contributed by atoms with van der Waals surface area (Å²) in [6.45, 7) is 7.68.